The molecule has 34 heavy (non-hydrogen) atoms. The lowest BCUT2D eigenvalue weighted by atomic mass is 10.1. The molecule has 4 nitrogen and oxygen atoms in total. The number of benzene rings is 1. The fourth-order valence-corrected chi connectivity index (χ4v) is 4.33. The molecule has 0 saturated heterocycles. The van der Waals surface area contributed by atoms with Crippen molar-refractivity contribution in [3.8, 4) is 22.9 Å². The molecule has 1 fully saturated rings. The average molecular weight is 467 g/mol. The molecule has 0 atom stereocenters. The lowest BCUT2D eigenvalue weighted by Gasteiger charge is -2.08. The molecule has 0 N–H and O–H groups in total. The summed E-state index contributed by atoms with van der Waals surface area (Å²) < 4.78 is 11.7. The number of hydrogen-bond acceptors (Lipinski definition) is 4. The summed E-state index contributed by atoms with van der Waals surface area (Å²) in [6, 6.07) is 8.09. The van der Waals surface area contributed by atoms with Crippen LogP contribution in [-0.4, -0.2) is 23.2 Å². The van der Waals surface area contributed by atoms with Gasteiger partial charge in [-0.25, -0.2) is 9.97 Å². The van der Waals surface area contributed by atoms with Gasteiger partial charge in [-0.1, -0.05) is 96.8 Å². The Morgan fingerprint density at radius 3 is 1.76 bits per heavy atom. The molecule has 0 unspecified atom stereocenters. The van der Waals surface area contributed by atoms with E-state index in [9.17, 15) is 0 Å². The van der Waals surface area contributed by atoms with Crippen molar-refractivity contribution in [2.45, 2.75) is 110 Å². The number of rotatable bonds is 20. The van der Waals surface area contributed by atoms with E-state index in [0.717, 1.165) is 54.9 Å². The van der Waals surface area contributed by atoms with E-state index in [2.05, 4.69) is 16.9 Å². The second-order valence-corrected chi connectivity index (χ2v) is 9.94. The summed E-state index contributed by atoms with van der Waals surface area (Å²) in [5, 5.41) is 0. The van der Waals surface area contributed by atoms with Crippen LogP contribution in [0.25, 0.3) is 11.4 Å². The van der Waals surface area contributed by atoms with Gasteiger partial charge in [0.2, 0.25) is 0 Å². The lowest BCUT2D eigenvalue weighted by molar-refractivity contribution is 0.302. The third kappa shape index (κ3) is 11.4. The zero-order valence-corrected chi connectivity index (χ0v) is 21.5. The molecule has 0 radical (unpaired) electrons. The van der Waals surface area contributed by atoms with Crippen molar-refractivity contribution in [1.82, 2.24) is 9.97 Å². The van der Waals surface area contributed by atoms with Gasteiger partial charge in [0.05, 0.1) is 25.6 Å². The SMILES string of the molecule is CCCCCCCCOc1cnc(-c2ccc(OCCCCCCCCCC3CC3)cc2)nc1. The highest BCUT2D eigenvalue weighted by atomic mass is 16.5. The van der Waals surface area contributed by atoms with E-state index in [1.54, 1.807) is 12.4 Å². The van der Waals surface area contributed by atoms with E-state index < -0.39 is 0 Å². The van der Waals surface area contributed by atoms with Crippen molar-refractivity contribution in [2.75, 3.05) is 13.2 Å². The standard InChI is InChI=1S/C30H46N2O2/c1-2-3-4-5-10-14-23-34-29-24-31-30(32-25-29)27-18-20-28(21-19-27)33-22-13-11-8-6-7-9-12-15-26-16-17-26/h18-21,24-26H,2-17,22-23H2,1H3. The Labute approximate surface area is 207 Å². The van der Waals surface area contributed by atoms with Crippen LogP contribution in [0.2, 0.25) is 0 Å². The molecule has 1 saturated carbocycles. The van der Waals surface area contributed by atoms with Gasteiger partial charge in [-0.3, -0.25) is 0 Å². The second kappa shape index (κ2) is 16.5. The van der Waals surface area contributed by atoms with Gasteiger partial charge in [0.15, 0.2) is 11.6 Å². The Balaban J connectivity index is 1.23. The van der Waals surface area contributed by atoms with Gasteiger partial charge in [0.1, 0.15) is 5.75 Å². The van der Waals surface area contributed by atoms with Gasteiger partial charge in [-0.15, -0.1) is 0 Å². The normalized spacial score (nSPS) is 13.2. The molecule has 3 rings (SSSR count). The van der Waals surface area contributed by atoms with Crippen molar-refractivity contribution in [2.24, 2.45) is 5.92 Å². The van der Waals surface area contributed by atoms with Crippen LogP contribution in [-0.2, 0) is 0 Å². The average Bonchev–Trinajstić information content (AvgIpc) is 3.70. The van der Waals surface area contributed by atoms with E-state index in [4.69, 9.17) is 9.47 Å². The van der Waals surface area contributed by atoms with Crippen LogP contribution in [0.5, 0.6) is 11.5 Å². The maximum Gasteiger partial charge on any atom is 0.159 e. The number of hydrogen-bond donors (Lipinski definition) is 0. The molecule has 0 amide bonds. The van der Waals surface area contributed by atoms with Crippen LogP contribution in [0, 0.1) is 5.92 Å². The van der Waals surface area contributed by atoms with E-state index in [0.29, 0.717) is 0 Å². The van der Waals surface area contributed by atoms with E-state index in [1.165, 1.54) is 89.9 Å². The number of aromatic nitrogens is 2. The van der Waals surface area contributed by atoms with Crippen LogP contribution in [0.4, 0.5) is 0 Å². The highest BCUT2D eigenvalue weighted by Gasteiger charge is 2.19. The molecule has 1 aliphatic rings. The summed E-state index contributed by atoms with van der Waals surface area (Å²) in [6.45, 7) is 3.78. The van der Waals surface area contributed by atoms with Crippen LogP contribution in [0.3, 0.4) is 0 Å². The first-order valence-corrected chi connectivity index (χ1v) is 14.0. The van der Waals surface area contributed by atoms with Gasteiger partial charge in [-0.2, -0.15) is 0 Å². The van der Waals surface area contributed by atoms with E-state index in [-0.39, 0.29) is 0 Å². The predicted molar refractivity (Wildman–Crippen MR) is 141 cm³/mol. The third-order valence-corrected chi connectivity index (χ3v) is 6.73. The molecular weight excluding hydrogens is 420 g/mol. The molecule has 0 spiro atoms. The minimum Gasteiger partial charge on any atom is -0.494 e. The van der Waals surface area contributed by atoms with Gasteiger partial charge in [0.25, 0.3) is 0 Å². The molecule has 1 heterocycles. The fraction of sp³-hybridized carbons (Fsp3) is 0.667. The largest absolute Gasteiger partial charge is 0.494 e. The Hall–Kier alpha value is -2.10. The smallest absolute Gasteiger partial charge is 0.159 e. The Morgan fingerprint density at radius 1 is 0.647 bits per heavy atom. The summed E-state index contributed by atoms with van der Waals surface area (Å²) in [4.78, 5) is 8.95. The van der Waals surface area contributed by atoms with E-state index >= 15 is 0 Å². The van der Waals surface area contributed by atoms with Gasteiger partial charge in [-0.05, 0) is 43.0 Å². The minimum atomic E-state index is 0.718. The van der Waals surface area contributed by atoms with Crippen LogP contribution >= 0.6 is 0 Å². The summed E-state index contributed by atoms with van der Waals surface area (Å²) in [5.41, 5.74) is 0.997. The maximum atomic E-state index is 5.92. The minimum absolute atomic E-state index is 0.718. The molecule has 0 aliphatic heterocycles. The second-order valence-electron chi connectivity index (χ2n) is 9.94. The predicted octanol–water partition coefficient (Wildman–Crippen LogP) is 8.79. The summed E-state index contributed by atoms with van der Waals surface area (Å²) in [7, 11) is 0. The molecule has 1 aliphatic carbocycles. The van der Waals surface area contributed by atoms with Crippen LogP contribution in [0.15, 0.2) is 36.7 Å². The molecular formula is C30H46N2O2. The first kappa shape index (κ1) is 26.5. The van der Waals surface area contributed by atoms with Gasteiger partial charge in [0, 0.05) is 5.56 Å². The van der Waals surface area contributed by atoms with Crippen LogP contribution in [0.1, 0.15) is 110 Å². The Kier molecular flexibility index (Phi) is 12.9. The highest BCUT2D eigenvalue weighted by molar-refractivity contribution is 5.56. The van der Waals surface area contributed by atoms with Crippen molar-refractivity contribution in [1.29, 1.82) is 0 Å². The maximum absolute atomic E-state index is 5.92. The topological polar surface area (TPSA) is 44.2 Å². The van der Waals surface area contributed by atoms with Crippen molar-refractivity contribution in [3.63, 3.8) is 0 Å². The van der Waals surface area contributed by atoms with Gasteiger partial charge < -0.3 is 9.47 Å². The number of unbranched alkanes of at least 4 members (excludes halogenated alkanes) is 11. The first-order valence-electron chi connectivity index (χ1n) is 14.0. The Morgan fingerprint density at radius 2 is 1.18 bits per heavy atom. The summed E-state index contributed by atoms with van der Waals surface area (Å²) >= 11 is 0. The molecule has 0 bridgehead atoms. The van der Waals surface area contributed by atoms with Crippen molar-refractivity contribution < 1.29 is 9.47 Å². The Bertz CT molecular complexity index is 756. The van der Waals surface area contributed by atoms with E-state index in [1.807, 2.05) is 24.3 Å². The van der Waals surface area contributed by atoms with Crippen molar-refractivity contribution >= 4 is 0 Å². The number of ether oxygens (including phenoxy) is 2. The highest BCUT2D eigenvalue weighted by Crippen LogP contribution is 2.34. The quantitative estimate of drug-likeness (QED) is 0.183. The van der Waals surface area contributed by atoms with Crippen LogP contribution < -0.4 is 9.47 Å². The molecule has 188 valence electrons. The number of nitrogens with zero attached hydrogens (tertiary/aromatic N) is 2. The lowest BCUT2D eigenvalue weighted by Crippen LogP contribution is -1.99. The fourth-order valence-electron chi connectivity index (χ4n) is 4.33. The van der Waals surface area contributed by atoms with Gasteiger partial charge >= 0.3 is 0 Å². The summed E-state index contributed by atoms with van der Waals surface area (Å²) in [5.74, 6) is 3.48. The zero-order valence-electron chi connectivity index (χ0n) is 21.5. The molecule has 2 aromatic rings. The molecule has 1 aromatic heterocycles. The zero-order chi connectivity index (χ0) is 23.7. The molecule has 4 heteroatoms. The first-order chi connectivity index (χ1) is 16.8. The monoisotopic (exact) mass is 466 g/mol. The van der Waals surface area contributed by atoms with Crippen molar-refractivity contribution in [3.05, 3.63) is 36.7 Å². The summed E-state index contributed by atoms with van der Waals surface area (Å²) in [6.07, 6.45) is 25.0. The molecule has 1 aromatic carbocycles. The third-order valence-electron chi connectivity index (χ3n) is 6.73.